The molecule has 4 rings (SSSR count). The van der Waals surface area contributed by atoms with Crippen LogP contribution in [0.4, 0.5) is 28.4 Å². The van der Waals surface area contributed by atoms with E-state index in [0.717, 1.165) is 41.9 Å². The molecule has 3 amide bonds. The molecule has 10 nitrogen and oxygen atoms in total. The van der Waals surface area contributed by atoms with Gasteiger partial charge in [-0.1, -0.05) is 24.3 Å². The van der Waals surface area contributed by atoms with Gasteiger partial charge in [0.15, 0.2) is 0 Å². The van der Waals surface area contributed by atoms with Crippen molar-refractivity contribution in [1.29, 1.82) is 0 Å². The number of urea groups is 1. The third-order valence-corrected chi connectivity index (χ3v) is 5.36. The standard InChI is InChI=1S/C22H18F3N3O7/c1-32-18(29)21-11-13-5-3-4-6-16(13)17(21)26-27(12-34-21)19(30)28(20(31)33-2)14-7-9-15(10-8-14)35-22(23,24)25/h3-10H,11-12H2,1-2H3/t21-/m1/s1. The normalized spacial score (nSPS) is 18.7. The molecule has 2 aromatic rings. The van der Waals surface area contributed by atoms with E-state index in [0.29, 0.717) is 10.5 Å². The van der Waals surface area contributed by atoms with E-state index in [1.54, 1.807) is 24.3 Å². The van der Waals surface area contributed by atoms with Gasteiger partial charge in [-0.15, -0.1) is 13.2 Å². The van der Waals surface area contributed by atoms with Crippen LogP contribution in [0.2, 0.25) is 0 Å². The van der Waals surface area contributed by atoms with E-state index in [4.69, 9.17) is 9.47 Å². The Morgan fingerprint density at radius 3 is 2.37 bits per heavy atom. The van der Waals surface area contributed by atoms with Crippen molar-refractivity contribution in [3.63, 3.8) is 0 Å². The number of amides is 3. The van der Waals surface area contributed by atoms with E-state index >= 15 is 0 Å². The fourth-order valence-electron chi connectivity index (χ4n) is 3.84. The summed E-state index contributed by atoms with van der Waals surface area (Å²) >= 11 is 0. The largest absolute Gasteiger partial charge is 0.573 e. The number of imide groups is 1. The van der Waals surface area contributed by atoms with Crippen LogP contribution in [0.1, 0.15) is 11.1 Å². The number of carbonyl (C=O) groups is 3. The third-order valence-electron chi connectivity index (χ3n) is 5.36. The Kier molecular flexibility index (Phi) is 6.11. The Balaban J connectivity index is 1.69. The number of esters is 1. The van der Waals surface area contributed by atoms with E-state index in [1.165, 1.54) is 7.11 Å². The highest BCUT2D eigenvalue weighted by molar-refractivity contribution is 6.22. The zero-order chi connectivity index (χ0) is 25.4. The monoisotopic (exact) mass is 493 g/mol. The fourth-order valence-corrected chi connectivity index (χ4v) is 3.84. The summed E-state index contributed by atoms with van der Waals surface area (Å²) in [6.07, 6.45) is -5.90. The quantitative estimate of drug-likeness (QED) is 0.603. The molecule has 2 aromatic carbocycles. The molecule has 0 radical (unpaired) electrons. The first-order valence-electron chi connectivity index (χ1n) is 10.0. The molecule has 0 aromatic heterocycles. The Morgan fingerprint density at radius 1 is 1.06 bits per heavy atom. The van der Waals surface area contributed by atoms with Crippen molar-refractivity contribution in [2.45, 2.75) is 18.4 Å². The smallest absolute Gasteiger partial charge is 0.467 e. The molecular weight excluding hydrogens is 475 g/mol. The molecule has 1 heterocycles. The number of methoxy groups -OCH3 is 2. The lowest BCUT2D eigenvalue weighted by atomic mass is 9.97. The molecular formula is C22H18F3N3O7. The van der Waals surface area contributed by atoms with Crippen molar-refractivity contribution < 1.29 is 46.5 Å². The third kappa shape index (κ3) is 4.37. The minimum absolute atomic E-state index is 0.117. The number of rotatable bonds is 3. The molecule has 0 N–H and O–H groups in total. The maximum absolute atomic E-state index is 13.3. The van der Waals surface area contributed by atoms with Crippen molar-refractivity contribution >= 4 is 29.5 Å². The highest BCUT2D eigenvalue weighted by Crippen LogP contribution is 2.38. The maximum atomic E-state index is 13.3. The number of hydrogen-bond donors (Lipinski definition) is 0. The summed E-state index contributed by atoms with van der Waals surface area (Å²) in [4.78, 5) is 38.9. The Labute approximate surface area is 196 Å². The van der Waals surface area contributed by atoms with Crippen LogP contribution in [-0.2, 0) is 25.4 Å². The van der Waals surface area contributed by atoms with E-state index in [2.05, 4.69) is 14.6 Å². The average Bonchev–Trinajstić information content (AvgIpc) is 3.18. The lowest BCUT2D eigenvalue weighted by Crippen LogP contribution is -2.56. The van der Waals surface area contributed by atoms with Crippen LogP contribution in [0.25, 0.3) is 0 Å². The highest BCUT2D eigenvalue weighted by atomic mass is 19.4. The van der Waals surface area contributed by atoms with Crippen LogP contribution in [0.3, 0.4) is 0 Å². The molecule has 0 bridgehead atoms. The lowest BCUT2D eigenvalue weighted by Gasteiger charge is -2.35. The van der Waals surface area contributed by atoms with Crippen LogP contribution in [-0.4, -0.2) is 61.7 Å². The van der Waals surface area contributed by atoms with Crippen LogP contribution < -0.4 is 9.64 Å². The van der Waals surface area contributed by atoms with Crippen molar-refractivity contribution in [1.82, 2.24) is 5.01 Å². The second-order valence-electron chi connectivity index (χ2n) is 7.40. The van der Waals surface area contributed by atoms with Crippen LogP contribution in [0.5, 0.6) is 5.75 Å². The zero-order valence-electron chi connectivity index (χ0n) is 18.4. The van der Waals surface area contributed by atoms with Gasteiger partial charge in [0.05, 0.1) is 19.9 Å². The SMILES string of the molecule is COC(=O)N(C(=O)N1CO[C@]2(C(=O)OC)Cc3ccccc3C2=N1)c1ccc(OC(F)(F)F)cc1. The minimum Gasteiger partial charge on any atom is -0.467 e. The topological polar surface area (TPSA) is 107 Å². The van der Waals surface area contributed by atoms with Gasteiger partial charge in [-0.05, 0) is 29.8 Å². The van der Waals surface area contributed by atoms with Gasteiger partial charge in [0.2, 0.25) is 5.60 Å². The number of alkyl halides is 3. The van der Waals surface area contributed by atoms with Gasteiger partial charge in [0.25, 0.3) is 0 Å². The maximum Gasteiger partial charge on any atom is 0.573 e. The molecule has 1 aliphatic heterocycles. The van der Waals surface area contributed by atoms with Gasteiger partial charge in [-0.3, -0.25) is 0 Å². The number of hydrogen-bond acceptors (Lipinski definition) is 8. The summed E-state index contributed by atoms with van der Waals surface area (Å²) in [6.45, 7) is -0.520. The number of carbonyl (C=O) groups excluding carboxylic acids is 3. The van der Waals surface area contributed by atoms with Crippen molar-refractivity contribution in [3.05, 3.63) is 59.7 Å². The second-order valence-corrected chi connectivity index (χ2v) is 7.40. The van der Waals surface area contributed by atoms with E-state index < -0.39 is 42.5 Å². The van der Waals surface area contributed by atoms with Gasteiger partial charge in [-0.25, -0.2) is 14.4 Å². The number of anilines is 1. The Hall–Kier alpha value is -4.13. The molecule has 1 atom stereocenters. The molecule has 0 saturated heterocycles. The number of ether oxygens (including phenoxy) is 4. The highest BCUT2D eigenvalue weighted by Gasteiger charge is 2.55. The van der Waals surface area contributed by atoms with Gasteiger partial charge in [0.1, 0.15) is 18.2 Å². The minimum atomic E-state index is -4.91. The zero-order valence-corrected chi connectivity index (χ0v) is 18.4. The summed E-state index contributed by atoms with van der Waals surface area (Å²) in [5.41, 5.74) is -0.252. The summed E-state index contributed by atoms with van der Waals surface area (Å²) in [7, 11) is 2.22. The number of benzene rings is 2. The predicted molar refractivity (Wildman–Crippen MR) is 113 cm³/mol. The fraction of sp³-hybridized carbons (Fsp3) is 0.273. The summed E-state index contributed by atoms with van der Waals surface area (Å²) in [6, 6.07) is 9.94. The van der Waals surface area contributed by atoms with Crippen LogP contribution in [0.15, 0.2) is 53.6 Å². The lowest BCUT2D eigenvalue weighted by molar-refractivity contribution is -0.274. The molecule has 0 spiro atoms. The molecule has 2 aliphatic rings. The predicted octanol–water partition coefficient (Wildman–Crippen LogP) is 3.44. The van der Waals surface area contributed by atoms with E-state index in [1.807, 2.05) is 0 Å². The van der Waals surface area contributed by atoms with E-state index in [-0.39, 0.29) is 17.8 Å². The molecule has 0 fully saturated rings. The van der Waals surface area contributed by atoms with Crippen LogP contribution in [0, 0.1) is 0 Å². The Bertz CT molecular complexity index is 1200. The number of hydrazone groups is 1. The summed E-state index contributed by atoms with van der Waals surface area (Å²) in [5.74, 6) is -1.25. The molecule has 184 valence electrons. The van der Waals surface area contributed by atoms with Gasteiger partial charge in [0, 0.05) is 12.0 Å². The molecule has 35 heavy (non-hydrogen) atoms. The molecule has 0 unspecified atom stereocenters. The van der Waals surface area contributed by atoms with Crippen molar-refractivity contribution in [2.24, 2.45) is 5.10 Å². The number of nitrogens with zero attached hydrogens (tertiary/aromatic N) is 3. The number of halogens is 3. The van der Waals surface area contributed by atoms with Crippen LogP contribution >= 0.6 is 0 Å². The molecule has 13 heteroatoms. The first-order valence-corrected chi connectivity index (χ1v) is 10.0. The Morgan fingerprint density at radius 2 is 1.74 bits per heavy atom. The van der Waals surface area contributed by atoms with Gasteiger partial charge >= 0.3 is 24.5 Å². The first kappa shape index (κ1) is 24.0. The summed E-state index contributed by atoms with van der Waals surface area (Å²) < 4.78 is 56.6. The molecule has 1 aliphatic carbocycles. The molecule has 0 saturated carbocycles. The number of fused-ring (bicyclic) bond motifs is 3. The van der Waals surface area contributed by atoms with E-state index in [9.17, 15) is 27.6 Å². The second kappa shape index (κ2) is 8.91. The van der Waals surface area contributed by atoms with Gasteiger partial charge in [-0.2, -0.15) is 15.0 Å². The van der Waals surface area contributed by atoms with Gasteiger partial charge < -0.3 is 18.9 Å². The average molecular weight is 493 g/mol. The summed E-state index contributed by atoms with van der Waals surface area (Å²) in [5, 5.41) is 5.11. The van der Waals surface area contributed by atoms with Crippen molar-refractivity contribution in [3.8, 4) is 5.75 Å². The van der Waals surface area contributed by atoms with Crippen molar-refractivity contribution in [2.75, 3.05) is 25.9 Å². The first-order chi connectivity index (χ1) is 16.6.